The fraction of sp³-hybridized carbons (Fsp3) is 0.364. The summed E-state index contributed by atoms with van der Waals surface area (Å²) in [6, 6.07) is 1.28. The van der Waals surface area contributed by atoms with Gasteiger partial charge >= 0.3 is 12.1 Å². The third kappa shape index (κ3) is 3.20. The highest BCUT2D eigenvalue weighted by Gasteiger charge is 2.36. The van der Waals surface area contributed by atoms with E-state index in [1.165, 1.54) is 6.92 Å². The van der Waals surface area contributed by atoms with Crippen molar-refractivity contribution in [3.8, 4) is 6.07 Å². The number of carbonyl (C=O) groups excluding carboxylic acids is 1. The van der Waals surface area contributed by atoms with E-state index < -0.39 is 41.1 Å². The lowest BCUT2D eigenvalue weighted by molar-refractivity contribution is -0.141. The Balaban J connectivity index is 3.59. The minimum absolute atomic E-state index is 0.153. The first-order valence-corrected chi connectivity index (χ1v) is 5.19. The summed E-state index contributed by atoms with van der Waals surface area (Å²) in [5.74, 6) is -1.37. The first kappa shape index (κ1) is 15.8. The monoisotopic (exact) mass is 294 g/mol. The average molecular weight is 294 g/mol. The lowest BCUT2D eigenvalue weighted by atomic mass is 10.1. The highest BCUT2D eigenvalue weighted by atomic mass is 19.4. The van der Waals surface area contributed by atoms with Crippen LogP contribution < -0.4 is 0 Å². The first-order valence-electron chi connectivity index (χ1n) is 5.19. The molecular weight excluding hydrogens is 287 g/mol. The highest BCUT2D eigenvalue weighted by Crippen LogP contribution is 2.33. The molecule has 0 N–H and O–H groups in total. The van der Waals surface area contributed by atoms with Gasteiger partial charge in [-0.2, -0.15) is 18.4 Å². The van der Waals surface area contributed by atoms with Gasteiger partial charge < -0.3 is 4.74 Å². The number of ether oxygens (including phenoxy) is 1. The van der Waals surface area contributed by atoms with Crippen LogP contribution in [0.5, 0.6) is 0 Å². The van der Waals surface area contributed by atoms with Gasteiger partial charge in [-0.1, -0.05) is 0 Å². The van der Waals surface area contributed by atoms with Gasteiger partial charge in [0.25, 0.3) is 6.43 Å². The quantitative estimate of drug-likeness (QED) is 0.635. The van der Waals surface area contributed by atoms with Crippen LogP contribution in [-0.2, 0) is 10.9 Å². The molecule has 1 aromatic heterocycles. The minimum atomic E-state index is -4.98. The maximum absolute atomic E-state index is 12.8. The topological polar surface area (TPSA) is 63.0 Å². The molecule has 1 aromatic rings. The third-order valence-electron chi connectivity index (χ3n) is 2.17. The average Bonchev–Trinajstić information content (AvgIpc) is 2.36. The van der Waals surface area contributed by atoms with Crippen LogP contribution >= 0.6 is 0 Å². The van der Waals surface area contributed by atoms with Gasteiger partial charge in [0.2, 0.25) is 0 Å². The molecular formula is C11H7F5N2O2. The Morgan fingerprint density at radius 2 is 2.10 bits per heavy atom. The Morgan fingerprint density at radius 3 is 2.50 bits per heavy atom. The first-order chi connectivity index (χ1) is 9.22. The maximum Gasteiger partial charge on any atom is 0.433 e. The number of rotatable bonds is 3. The van der Waals surface area contributed by atoms with E-state index in [4.69, 9.17) is 5.26 Å². The summed E-state index contributed by atoms with van der Waals surface area (Å²) in [4.78, 5) is 14.3. The van der Waals surface area contributed by atoms with Crippen LogP contribution in [0.2, 0.25) is 0 Å². The van der Waals surface area contributed by atoms with Crippen molar-refractivity contribution >= 4 is 5.97 Å². The molecule has 0 saturated heterocycles. The zero-order valence-corrected chi connectivity index (χ0v) is 9.96. The largest absolute Gasteiger partial charge is 0.462 e. The highest BCUT2D eigenvalue weighted by molar-refractivity contribution is 5.92. The van der Waals surface area contributed by atoms with Gasteiger partial charge in [0, 0.05) is 0 Å². The zero-order valence-electron chi connectivity index (χ0n) is 9.96. The fourth-order valence-electron chi connectivity index (χ4n) is 1.38. The molecule has 0 amide bonds. The standard InChI is InChI=1S/C11H7F5N2O2/c1-2-20-10(19)5-3-7(11(14,15)16)18-6(4-17)8(5)9(12)13/h3,9H,2H2,1H3. The van der Waals surface area contributed by atoms with Crippen LogP contribution in [0.4, 0.5) is 22.0 Å². The number of nitrogens with zero attached hydrogens (tertiary/aromatic N) is 2. The molecule has 0 bridgehead atoms. The van der Waals surface area contributed by atoms with Crippen LogP contribution in [0.3, 0.4) is 0 Å². The van der Waals surface area contributed by atoms with Crippen molar-refractivity contribution in [2.24, 2.45) is 0 Å². The fourth-order valence-corrected chi connectivity index (χ4v) is 1.38. The molecule has 0 fully saturated rings. The van der Waals surface area contributed by atoms with Gasteiger partial charge in [-0.15, -0.1) is 0 Å². The molecule has 1 rings (SSSR count). The molecule has 0 spiro atoms. The Morgan fingerprint density at radius 1 is 1.50 bits per heavy atom. The Kier molecular flexibility index (Phi) is 4.60. The van der Waals surface area contributed by atoms with Crippen molar-refractivity contribution in [2.75, 3.05) is 6.61 Å². The molecule has 9 heteroatoms. The summed E-state index contributed by atoms with van der Waals surface area (Å²) in [6.45, 7) is 1.14. The van der Waals surface area contributed by atoms with Crippen LogP contribution in [0.15, 0.2) is 6.07 Å². The van der Waals surface area contributed by atoms with Gasteiger partial charge in [0.05, 0.1) is 17.7 Å². The van der Waals surface area contributed by atoms with E-state index in [1.54, 1.807) is 0 Å². The van der Waals surface area contributed by atoms with Gasteiger partial charge in [-0.3, -0.25) is 0 Å². The molecule has 108 valence electrons. The summed E-state index contributed by atoms with van der Waals surface area (Å²) in [6.07, 6.45) is -8.31. The zero-order chi connectivity index (χ0) is 15.5. The van der Waals surface area contributed by atoms with Gasteiger partial charge in [0.1, 0.15) is 11.8 Å². The second-order valence-electron chi connectivity index (χ2n) is 3.45. The molecule has 0 aliphatic rings. The van der Waals surface area contributed by atoms with Crippen molar-refractivity contribution in [1.82, 2.24) is 4.98 Å². The smallest absolute Gasteiger partial charge is 0.433 e. The SMILES string of the molecule is CCOC(=O)c1cc(C(F)(F)F)nc(C#N)c1C(F)F. The Labute approximate surface area is 109 Å². The van der Waals surface area contributed by atoms with Crippen LogP contribution in [0, 0.1) is 11.3 Å². The molecule has 1 heterocycles. The van der Waals surface area contributed by atoms with Gasteiger partial charge in [-0.05, 0) is 13.0 Å². The second-order valence-corrected chi connectivity index (χ2v) is 3.45. The molecule has 4 nitrogen and oxygen atoms in total. The molecule has 0 aliphatic carbocycles. The Hall–Kier alpha value is -2.24. The van der Waals surface area contributed by atoms with Crippen molar-refractivity contribution in [3.05, 3.63) is 28.6 Å². The van der Waals surface area contributed by atoms with E-state index >= 15 is 0 Å². The van der Waals surface area contributed by atoms with E-state index in [2.05, 4.69) is 9.72 Å². The predicted molar refractivity (Wildman–Crippen MR) is 54.9 cm³/mol. The van der Waals surface area contributed by atoms with E-state index in [0.717, 1.165) is 6.07 Å². The number of esters is 1. The van der Waals surface area contributed by atoms with E-state index in [-0.39, 0.29) is 12.7 Å². The van der Waals surface area contributed by atoms with Gasteiger partial charge in [-0.25, -0.2) is 18.6 Å². The van der Waals surface area contributed by atoms with Crippen molar-refractivity contribution in [1.29, 1.82) is 5.26 Å². The number of aromatic nitrogens is 1. The number of hydrogen-bond donors (Lipinski definition) is 0. The normalized spacial score (nSPS) is 11.3. The molecule has 0 unspecified atom stereocenters. The molecule has 0 aliphatic heterocycles. The maximum atomic E-state index is 12.8. The number of pyridine rings is 1. The lowest BCUT2D eigenvalue weighted by Gasteiger charge is -2.13. The number of hydrogen-bond acceptors (Lipinski definition) is 4. The van der Waals surface area contributed by atoms with Crippen molar-refractivity contribution in [2.45, 2.75) is 19.5 Å². The van der Waals surface area contributed by atoms with Crippen molar-refractivity contribution < 1.29 is 31.5 Å². The summed E-state index contributed by atoms with van der Waals surface area (Å²) in [5.41, 5.74) is -4.95. The number of halogens is 5. The molecule has 20 heavy (non-hydrogen) atoms. The predicted octanol–water partition coefficient (Wildman–Crippen LogP) is 3.09. The summed E-state index contributed by atoms with van der Waals surface area (Å²) in [7, 11) is 0. The second kappa shape index (κ2) is 5.81. The Bertz CT molecular complexity index is 563. The molecule has 0 radical (unpaired) electrons. The third-order valence-corrected chi connectivity index (χ3v) is 2.17. The molecule has 0 aromatic carbocycles. The number of nitriles is 1. The van der Waals surface area contributed by atoms with Crippen LogP contribution in [0.1, 0.15) is 40.7 Å². The van der Waals surface area contributed by atoms with E-state index in [1.807, 2.05) is 0 Å². The summed E-state index contributed by atoms with van der Waals surface area (Å²) in [5, 5.41) is 8.63. The molecule has 0 atom stereocenters. The summed E-state index contributed by atoms with van der Waals surface area (Å²) < 4.78 is 67.7. The number of carbonyl (C=O) groups is 1. The molecule has 0 saturated carbocycles. The van der Waals surface area contributed by atoms with Crippen molar-refractivity contribution in [3.63, 3.8) is 0 Å². The van der Waals surface area contributed by atoms with E-state index in [9.17, 15) is 26.7 Å². The summed E-state index contributed by atoms with van der Waals surface area (Å²) >= 11 is 0. The van der Waals surface area contributed by atoms with Crippen LogP contribution in [0.25, 0.3) is 0 Å². The van der Waals surface area contributed by atoms with Gasteiger partial charge in [0.15, 0.2) is 5.69 Å². The number of alkyl halides is 5. The minimum Gasteiger partial charge on any atom is -0.462 e. The van der Waals surface area contributed by atoms with Crippen LogP contribution in [-0.4, -0.2) is 17.6 Å². The lowest BCUT2D eigenvalue weighted by Crippen LogP contribution is -2.17. The van der Waals surface area contributed by atoms with E-state index in [0.29, 0.717) is 0 Å².